The van der Waals surface area contributed by atoms with Gasteiger partial charge in [-0.15, -0.1) is 16.8 Å². The number of halogens is 1. The monoisotopic (exact) mass is 357 g/mol. The molecule has 1 aliphatic carbocycles. The van der Waals surface area contributed by atoms with Crippen LogP contribution in [0, 0.1) is 0 Å². The largest absolute Gasteiger partial charge is 0.334 e. The first kappa shape index (κ1) is 16.2. The van der Waals surface area contributed by atoms with Gasteiger partial charge in [0.05, 0.1) is 16.9 Å². The molecule has 1 fully saturated rings. The van der Waals surface area contributed by atoms with E-state index in [1.807, 2.05) is 0 Å². The molecule has 1 saturated carbocycles. The van der Waals surface area contributed by atoms with Crippen molar-refractivity contribution >= 4 is 33.8 Å². The van der Waals surface area contributed by atoms with Crippen molar-refractivity contribution in [3.8, 4) is 0 Å². The van der Waals surface area contributed by atoms with Gasteiger partial charge in [0.1, 0.15) is 0 Å². The molecule has 0 amide bonds. The first-order chi connectivity index (χ1) is 10.5. The Balaban J connectivity index is 0.00000156. The lowest BCUT2D eigenvalue weighted by atomic mass is 9.77. The number of nitrogens with zero attached hydrogens (tertiary/aromatic N) is 4. The van der Waals surface area contributed by atoms with E-state index in [2.05, 4.69) is 14.5 Å². The number of allylic oxidation sites excluding steroid dienone is 2. The highest BCUT2D eigenvalue weighted by atomic mass is 35.5. The van der Waals surface area contributed by atoms with Crippen LogP contribution >= 0.6 is 12.4 Å². The van der Waals surface area contributed by atoms with Crippen LogP contribution in [0.1, 0.15) is 31.0 Å². The van der Waals surface area contributed by atoms with Crippen molar-refractivity contribution in [2.45, 2.75) is 24.8 Å². The lowest BCUT2D eigenvalue weighted by Gasteiger charge is -2.34. The summed E-state index contributed by atoms with van der Waals surface area (Å²) >= 11 is 0. The minimum atomic E-state index is -3.45. The zero-order valence-electron chi connectivity index (χ0n) is 12.2. The second-order valence-electron chi connectivity index (χ2n) is 5.75. The van der Waals surface area contributed by atoms with E-state index in [0.717, 1.165) is 19.3 Å². The van der Waals surface area contributed by atoms with Crippen LogP contribution in [0.25, 0.3) is 5.57 Å². The SMILES string of the molecule is Cl.NC1(c2noc(C3=CC=CN4CCS(=O)(=O)N=C34)n2)CCC1. The fourth-order valence-electron chi connectivity index (χ4n) is 2.70. The van der Waals surface area contributed by atoms with E-state index in [9.17, 15) is 8.42 Å². The Kier molecular flexibility index (Phi) is 3.81. The molecule has 1 aromatic heterocycles. The molecule has 0 atom stereocenters. The van der Waals surface area contributed by atoms with E-state index >= 15 is 0 Å². The van der Waals surface area contributed by atoms with Gasteiger partial charge in [-0.2, -0.15) is 4.98 Å². The molecule has 0 bridgehead atoms. The topological polar surface area (TPSA) is 115 Å². The van der Waals surface area contributed by atoms with Crippen LogP contribution in [0.4, 0.5) is 0 Å². The summed E-state index contributed by atoms with van der Waals surface area (Å²) in [5.74, 6) is 1.03. The zero-order chi connectivity index (χ0) is 15.4. The molecule has 0 aromatic carbocycles. The van der Waals surface area contributed by atoms with Crippen molar-refractivity contribution in [1.82, 2.24) is 15.0 Å². The number of amidine groups is 1. The number of fused-ring (bicyclic) bond motifs is 1. The van der Waals surface area contributed by atoms with E-state index in [1.54, 1.807) is 23.3 Å². The van der Waals surface area contributed by atoms with Gasteiger partial charge in [-0.1, -0.05) is 5.16 Å². The normalized spacial score (nSPS) is 24.0. The molecule has 3 heterocycles. The van der Waals surface area contributed by atoms with Crippen LogP contribution in [-0.4, -0.2) is 41.6 Å². The zero-order valence-corrected chi connectivity index (χ0v) is 13.8. The third-order valence-corrected chi connectivity index (χ3v) is 5.35. The quantitative estimate of drug-likeness (QED) is 0.831. The van der Waals surface area contributed by atoms with Crippen molar-refractivity contribution in [2.24, 2.45) is 10.1 Å². The molecule has 10 heteroatoms. The van der Waals surface area contributed by atoms with Gasteiger partial charge in [-0.3, -0.25) is 0 Å². The van der Waals surface area contributed by atoms with Crippen LogP contribution in [0.15, 0.2) is 27.3 Å². The van der Waals surface area contributed by atoms with Crippen LogP contribution in [0.2, 0.25) is 0 Å². The fourth-order valence-corrected chi connectivity index (χ4v) is 3.68. The van der Waals surface area contributed by atoms with Gasteiger partial charge in [0.2, 0.25) is 0 Å². The molecule has 4 rings (SSSR count). The Labute approximate surface area is 139 Å². The first-order valence-electron chi connectivity index (χ1n) is 7.08. The minimum absolute atomic E-state index is 0. The molecule has 124 valence electrons. The first-order valence-corrected chi connectivity index (χ1v) is 8.69. The molecule has 2 N–H and O–H groups in total. The molecule has 0 radical (unpaired) electrons. The molecule has 0 spiro atoms. The highest BCUT2D eigenvalue weighted by Crippen LogP contribution is 2.37. The summed E-state index contributed by atoms with van der Waals surface area (Å²) in [6.45, 7) is 0.358. The molecule has 3 aliphatic rings. The van der Waals surface area contributed by atoms with Crippen molar-refractivity contribution in [3.05, 3.63) is 30.1 Å². The van der Waals surface area contributed by atoms with Gasteiger partial charge < -0.3 is 15.2 Å². The van der Waals surface area contributed by atoms with Gasteiger partial charge in [0.25, 0.3) is 15.9 Å². The number of aromatic nitrogens is 2. The fraction of sp³-hybridized carbons (Fsp3) is 0.462. The Hall–Kier alpha value is -1.71. The summed E-state index contributed by atoms with van der Waals surface area (Å²) < 4.78 is 32.6. The van der Waals surface area contributed by atoms with E-state index < -0.39 is 15.6 Å². The van der Waals surface area contributed by atoms with Crippen molar-refractivity contribution in [2.75, 3.05) is 12.3 Å². The highest BCUT2D eigenvalue weighted by molar-refractivity contribution is 7.90. The predicted molar refractivity (Wildman–Crippen MR) is 86.3 cm³/mol. The molecule has 1 aromatic rings. The molecule has 2 aliphatic heterocycles. The maximum Gasteiger partial charge on any atom is 0.261 e. The summed E-state index contributed by atoms with van der Waals surface area (Å²) in [6.07, 6.45) is 8.00. The molecular formula is C13H16ClN5O3S. The second-order valence-corrected chi connectivity index (χ2v) is 7.50. The predicted octanol–water partition coefficient (Wildman–Crippen LogP) is 0.784. The Morgan fingerprint density at radius 1 is 1.35 bits per heavy atom. The number of rotatable bonds is 2. The third-order valence-electron chi connectivity index (χ3n) is 4.21. The summed E-state index contributed by atoms with van der Waals surface area (Å²) in [5.41, 5.74) is 6.17. The Bertz CT molecular complexity index is 822. The Morgan fingerprint density at radius 3 is 2.83 bits per heavy atom. The lowest BCUT2D eigenvalue weighted by molar-refractivity contribution is 0.229. The molecule has 0 saturated heterocycles. The van der Waals surface area contributed by atoms with Crippen LogP contribution in [0.5, 0.6) is 0 Å². The summed E-state index contributed by atoms with van der Waals surface area (Å²) in [5, 5.41) is 3.96. The number of hydrogen-bond acceptors (Lipinski definition) is 7. The molecule has 0 unspecified atom stereocenters. The van der Waals surface area contributed by atoms with Gasteiger partial charge in [-0.25, -0.2) is 8.42 Å². The van der Waals surface area contributed by atoms with Crippen LogP contribution in [-0.2, 0) is 15.6 Å². The molecule has 23 heavy (non-hydrogen) atoms. The Morgan fingerprint density at radius 2 is 2.13 bits per heavy atom. The average molecular weight is 358 g/mol. The summed E-state index contributed by atoms with van der Waals surface area (Å²) in [7, 11) is -3.45. The van der Waals surface area contributed by atoms with Crippen molar-refractivity contribution < 1.29 is 12.9 Å². The molecule has 8 nitrogen and oxygen atoms in total. The van der Waals surface area contributed by atoms with E-state index in [-0.39, 0.29) is 24.1 Å². The minimum Gasteiger partial charge on any atom is -0.334 e. The van der Waals surface area contributed by atoms with Crippen LogP contribution in [0.3, 0.4) is 0 Å². The van der Waals surface area contributed by atoms with Gasteiger partial charge in [0.15, 0.2) is 11.7 Å². The standard InChI is InChI=1S/C13H15N5O3S.ClH/c14-13(4-2-5-13)12-15-11(21-16-12)9-3-1-6-18-7-8-22(19,20)17-10(9)18;/h1,3,6H,2,4-5,7-8,14H2;1H. The third kappa shape index (κ3) is 2.68. The number of hydrogen-bond donors (Lipinski definition) is 1. The maximum absolute atomic E-state index is 11.8. The average Bonchev–Trinajstić information content (AvgIpc) is 2.93. The van der Waals surface area contributed by atoms with E-state index in [4.69, 9.17) is 10.3 Å². The summed E-state index contributed by atoms with van der Waals surface area (Å²) in [6, 6.07) is 0. The second kappa shape index (κ2) is 5.43. The van der Waals surface area contributed by atoms with Crippen molar-refractivity contribution in [3.63, 3.8) is 0 Å². The maximum atomic E-state index is 11.8. The van der Waals surface area contributed by atoms with E-state index in [0.29, 0.717) is 23.8 Å². The highest BCUT2D eigenvalue weighted by Gasteiger charge is 2.40. The summed E-state index contributed by atoms with van der Waals surface area (Å²) in [4.78, 5) is 6.12. The van der Waals surface area contributed by atoms with E-state index in [1.165, 1.54) is 0 Å². The smallest absolute Gasteiger partial charge is 0.261 e. The number of nitrogens with two attached hydrogens (primary N) is 1. The van der Waals surface area contributed by atoms with Gasteiger partial charge >= 0.3 is 0 Å². The van der Waals surface area contributed by atoms with Crippen LogP contribution < -0.4 is 5.73 Å². The molecular weight excluding hydrogens is 342 g/mol. The van der Waals surface area contributed by atoms with Gasteiger partial charge in [0, 0.05) is 12.7 Å². The van der Waals surface area contributed by atoms with Gasteiger partial charge in [-0.05, 0) is 31.4 Å². The number of sulfonamides is 1. The van der Waals surface area contributed by atoms with Crippen molar-refractivity contribution in [1.29, 1.82) is 0 Å². The lowest BCUT2D eigenvalue weighted by Crippen LogP contribution is -2.44.